The molecule has 7 nitrogen and oxygen atoms in total. The van der Waals surface area contributed by atoms with E-state index in [-0.39, 0.29) is 0 Å². The van der Waals surface area contributed by atoms with Crippen LogP contribution >= 0.6 is 0 Å². The number of nitrogens with zero attached hydrogens (tertiary/aromatic N) is 6. The molecule has 0 fully saturated rings. The van der Waals surface area contributed by atoms with Crippen molar-refractivity contribution in [3.63, 3.8) is 0 Å². The van der Waals surface area contributed by atoms with Crippen molar-refractivity contribution >= 4 is 97.4 Å². The molecule has 0 saturated carbocycles. The minimum absolute atomic E-state index is 0.622. The van der Waals surface area contributed by atoms with E-state index in [4.69, 9.17) is 4.74 Å². The molecule has 2 aromatic heterocycles. The summed E-state index contributed by atoms with van der Waals surface area (Å²) in [6, 6.07) is 102. The Morgan fingerprint density at radius 1 is 0.293 bits per heavy atom. The molecule has 386 valence electrons. The molecule has 7 heterocycles. The fourth-order valence-corrected chi connectivity index (χ4v) is 17.2. The average Bonchev–Trinajstić information content (AvgIpc) is 4.23. The average molecular weight is 1230 g/mol. The molecule has 0 spiro atoms. The monoisotopic (exact) mass is 1230 g/mol. The van der Waals surface area contributed by atoms with Gasteiger partial charge in [-0.15, -0.1) is 0 Å². The van der Waals surface area contributed by atoms with E-state index in [0.717, 1.165) is 132 Å². The van der Waals surface area contributed by atoms with Crippen LogP contribution in [0.25, 0.3) is 99.5 Å². The van der Waals surface area contributed by atoms with Gasteiger partial charge in [-0.1, -0.05) is 12.1 Å². The number of para-hydroxylation sites is 8. The van der Waals surface area contributed by atoms with Crippen LogP contribution in [0.4, 0.5) is 45.5 Å². The second kappa shape index (κ2) is 16.6. The molecule has 5 aliphatic heterocycles. The zero-order valence-corrected chi connectivity index (χ0v) is 45.9. The first kappa shape index (κ1) is 44.5. The van der Waals surface area contributed by atoms with E-state index in [1.54, 1.807) is 0 Å². The first-order chi connectivity index (χ1) is 40.7. The Hall–Kier alpha value is -10.3. The third kappa shape index (κ3) is 6.12. The van der Waals surface area contributed by atoms with E-state index in [2.05, 4.69) is 284 Å². The summed E-state index contributed by atoms with van der Waals surface area (Å²) in [6.45, 7) is 0. The van der Waals surface area contributed by atoms with E-state index in [9.17, 15) is 0 Å². The van der Waals surface area contributed by atoms with Gasteiger partial charge in [0.1, 0.15) is 0 Å². The fourth-order valence-electron chi connectivity index (χ4n) is 13.6. The number of fused-ring (bicyclic) bond motifs is 18. The van der Waals surface area contributed by atoms with Crippen LogP contribution in [0.1, 0.15) is 0 Å². The second-order valence-corrected chi connectivity index (χ2v) is 24.1. The zero-order valence-electron chi connectivity index (χ0n) is 43.7. The van der Waals surface area contributed by atoms with E-state index >= 15 is 0 Å². The van der Waals surface area contributed by atoms with E-state index in [1.807, 2.05) is 12.1 Å². The molecule has 82 heavy (non-hydrogen) atoms. The van der Waals surface area contributed by atoms with Crippen molar-refractivity contribution in [3.05, 3.63) is 267 Å². The first-order valence-electron chi connectivity index (χ1n) is 27.7. The molecular formula is C74H42N6OPt-2. The van der Waals surface area contributed by atoms with Gasteiger partial charge in [0, 0.05) is 0 Å². The summed E-state index contributed by atoms with van der Waals surface area (Å²) in [4.78, 5) is 10.2. The minimum atomic E-state index is -1.28. The van der Waals surface area contributed by atoms with Gasteiger partial charge in [-0.3, -0.25) is 0 Å². The summed E-state index contributed by atoms with van der Waals surface area (Å²) >= 11 is -1.28. The molecule has 0 atom stereocenters. The molecular weight excluding hydrogens is 1180 g/mol. The van der Waals surface area contributed by atoms with Crippen molar-refractivity contribution in [2.45, 2.75) is 0 Å². The van der Waals surface area contributed by atoms with E-state index in [0.29, 0.717) is 11.5 Å². The third-order valence-electron chi connectivity index (χ3n) is 17.1. The van der Waals surface area contributed by atoms with Gasteiger partial charge in [0.25, 0.3) is 0 Å². The molecule has 0 unspecified atom stereocenters. The van der Waals surface area contributed by atoms with E-state index < -0.39 is 17.6 Å². The Morgan fingerprint density at radius 2 is 0.622 bits per heavy atom. The van der Waals surface area contributed by atoms with Crippen molar-refractivity contribution in [1.82, 2.24) is 9.13 Å². The molecule has 0 saturated heterocycles. The van der Waals surface area contributed by atoms with Gasteiger partial charge in [-0.05, 0) is 0 Å². The van der Waals surface area contributed by atoms with Crippen LogP contribution in [-0.2, 0) is 17.6 Å². The predicted octanol–water partition coefficient (Wildman–Crippen LogP) is 18.4. The van der Waals surface area contributed by atoms with Crippen molar-refractivity contribution in [3.8, 4) is 67.4 Å². The molecule has 0 N–H and O–H groups in total. The van der Waals surface area contributed by atoms with Gasteiger partial charge in [-0.25, -0.2) is 0 Å². The van der Waals surface area contributed by atoms with Crippen LogP contribution in [0.15, 0.2) is 255 Å². The number of anilines is 8. The van der Waals surface area contributed by atoms with Gasteiger partial charge in [0.2, 0.25) is 0 Å². The topological polar surface area (TPSA) is 32.1 Å². The van der Waals surface area contributed by atoms with Gasteiger partial charge in [-0.2, -0.15) is 0 Å². The maximum atomic E-state index is 6.84. The van der Waals surface area contributed by atoms with Crippen molar-refractivity contribution < 1.29 is 22.4 Å². The Labute approximate surface area is 479 Å². The number of hydrogen-bond donors (Lipinski definition) is 0. The quantitative estimate of drug-likeness (QED) is 0.161. The molecule has 5 aliphatic rings. The first-order valence-corrected chi connectivity index (χ1v) is 29.9. The summed E-state index contributed by atoms with van der Waals surface area (Å²) in [5, 5.41) is 4.75. The molecule has 0 aliphatic carbocycles. The summed E-state index contributed by atoms with van der Waals surface area (Å²) < 4.78 is 14.0. The van der Waals surface area contributed by atoms with Crippen molar-refractivity contribution in [2.75, 3.05) is 19.6 Å². The zero-order chi connectivity index (χ0) is 53.3. The Kier molecular flexibility index (Phi) is 9.02. The summed E-state index contributed by atoms with van der Waals surface area (Å²) in [6.07, 6.45) is 0. The van der Waals surface area contributed by atoms with Crippen molar-refractivity contribution in [2.24, 2.45) is 0 Å². The molecule has 12 aromatic carbocycles. The normalized spacial score (nSPS) is 14.1. The standard InChI is InChI=1S/C74H42N6O.Pt/c1-3-15-51(16-4-1)79-65-35-31-47-39-61(65)62-40-48(32-36-66(62)79)58-24-14-26-60-50-34-38-68-64(42-50)63-41-49(33-37-67(63)80(68)52-17-5-2-6-18-52)59-25-13-23-57(47)73(59)77-45-75(69-27-7-9-29-71(69)77)53-19-11-21-55(43-53)81-56-22-12-20-54(44-56)76-46-78(74(58)60)72-30-10-8-28-70(72)76;/h1-42H;/q-2;. The maximum absolute atomic E-state index is 6.84. The Morgan fingerprint density at radius 3 is 0.988 bits per heavy atom. The number of rotatable bonds is 2. The molecule has 16 bridgehead atoms. The molecule has 8 heteroatoms. The second-order valence-electron chi connectivity index (χ2n) is 21.5. The number of hydrogen-bond acceptors (Lipinski definition) is 5. The van der Waals surface area contributed by atoms with Crippen LogP contribution in [-0.4, -0.2) is 17.4 Å². The van der Waals surface area contributed by atoms with Gasteiger partial charge in [0.15, 0.2) is 0 Å². The summed E-state index contributed by atoms with van der Waals surface area (Å²) in [7, 11) is 0. The van der Waals surface area contributed by atoms with Crippen LogP contribution < -0.4 is 24.3 Å². The fraction of sp³-hybridized carbons (Fsp3) is 0. The van der Waals surface area contributed by atoms with Gasteiger partial charge < -0.3 is 0 Å². The molecule has 19 rings (SSSR count). The molecule has 0 amide bonds. The van der Waals surface area contributed by atoms with Crippen LogP contribution in [0, 0.1) is 12.1 Å². The number of benzene rings is 12. The third-order valence-corrected chi connectivity index (χ3v) is 20.1. The van der Waals surface area contributed by atoms with Gasteiger partial charge in [0.05, 0.1) is 0 Å². The molecule has 14 aromatic rings. The van der Waals surface area contributed by atoms with Crippen molar-refractivity contribution in [1.29, 1.82) is 0 Å². The predicted molar refractivity (Wildman–Crippen MR) is 333 cm³/mol. The van der Waals surface area contributed by atoms with Crippen LogP contribution in [0.5, 0.6) is 11.5 Å². The summed E-state index contributed by atoms with van der Waals surface area (Å²) in [5.41, 5.74) is 24.2. The summed E-state index contributed by atoms with van der Waals surface area (Å²) in [5.74, 6) is 1.24. The van der Waals surface area contributed by atoms with Crippen LogP contribution in [0.3, 0.4) is 0 Å². The Balaban J connectivity index is 1.07. The van der Waals surface area contributed by atoms with Crippen LogP contribution in [0.2, 0.25) is 0 Å². The number of aromatic nitrogens is 2. The SMILES string of the molecule is [c-]1c2cccc1N1[C]3=[Pt]=[C]4N(c5[c-]c(ccc5)O2)c2ccccc2N4c2c4cccc2-c2ccc5c(c2)c2cc(ccc2n5-c2ccccc2)-c2cccc(c2N3c2ccccc21)-c1ccc2c(c1)c1cc-4ccc1n2-c1ccccc1. The number of ether oxygens (including phenoxy) is 1. The van der Waals surface area contributed by atoms with Gasteiger partial charge >= 0.3 is 471 Å². The Bertz CT molecular complexity index is 4740. The molecule has 0 radical (unpaired) electrons. The van der Waals surface area contributed by atoms with E-state index in [1.165, 1.54) is 21.5 Å².